The summed E-state index contributed by atoms with van der Waals surface area (Å²) in [6.07, 6.45) is -3.46. The van der Waals surface area contributed by atoms with Gasteiger partial charge in [-0.15, -0.1) is 0 Å². The molecule has 3 heterocycles. The van der Waals surface area contributed by atoms with E-state index < -0.39 is 53.7 Å². The topological polar surface area (TPSA) is 103 Å². The van der Waals surface area contributed by atoms with Crippen LogP contribution in [0, 0.1) is 17.5 Å². The van der Waals surface area contributed by atoms with Crippen LogP contribution in [0.25, 0.3) is 11.1 Å². The largest absolute Gasteiger partial charge is 0.435 e. The van der Waals surface area contributed by atoms with E-state index in [0.717, 1.165) is 22.9 Å². The van der Waals surface area contributed by atoms with Crippen LogP contribution in [0.15, 0.2) is 54.7 Å². The molecule has 218 valence electrons. The van der Waals surface area contributed by atoms with E-state index in [9.17, 15) is 35.9 Å². The Kier molecular flexibility index (Phi) is 7.99. The van der Waals surface area contributed by atoms with Crippen LogP contribution < -0.4 is 11.1 Å². The third kappa shape index (κ3) is 6.12. The number of carbonyl (C=O) groups excluding carboxylic acids is 2. The maximum absolute atomic E-state index is 14.2. The number of rotatable bonds is 8. The lowest BCUT2D eigenvalue weighted by atomic mass is 9.94. The van der Waals surface area contributed by atoms with Crippen molar-refractivity contribution in [1.82, 2.24) is 20.1 Å². The molecule has 1 atom stereocenters. The molecule has 0 radical (unpaired) electrons. The molecular weight excluding hydrogens is 584 g/mol. The minimum Gasteiger partial charge on any atom is -0.366 e. The van der Waals surface area contributed by atoms with Crippen LogP contribution in [-0.2, 0) is 35.4 Å². The van der Waals surface area contributed by atoms with Crippen molar-refractivity contribution < 1.29 is 35.9 Å². The summed E-state index contributed by atoms with van der Waals surface area (Å²) >= 11 is 1.27. The minimum atomic E-state index is -4.69. The first-order valence-corrected chi connectivity index (χ1v) is 13.6. The van der Waals surface area contributed by atoms with Gasteiger partial charge in [0.05, 0.1) is 23.0 Å². The number of benzene rings is 2. The average molecular weight is 606 g/mol. The number of carbonyl (C=O) groups is 2. The van der Waals surface area contributed by atoms with E-state index in [1.165, 1.54) is 30.1 Å². The van der Waals surface area contributed by atoms with Gasteiger partial charge in [0.25, 0.3) is 5.91 Å². The monoisotopic (exact) mass is 605 g/mol. The number of nitrogens with zero attached hydrogens (tertiary/aromatic N) is 3. The molecule has 14 heteroatoms. The molecule has 7 nitrogen and oxygen atoms in total. The number of amides is 2. The molecule has 0 bridgehead atoms. The van der Waals surface area contributed by atoms with Crippen molar-refractivity contribution in [1.29, 1.82) is 0 Å². The van der Waals surface area contributed by atoms with Crippen molar-refractivity contribution >= 4 is 23.6 Å². The van der Waals surface area contributed by atoms with Gasteiger partial charge in [-0.3, -0.25) is 19.3 Å². The normalized spacial score (nSPS) is 13.6. The molecule has 4 aromatic rings. The van der Waals surface area contributed by atoms with Gasteiger partial charge in [-0.2, -0.15) is 30.0 Å². The van der Waals surface area contributed by atoms with Crippen molar-refractivity contribution in [3.05, 3.63) is 106 Å². The van der Waals surface area contributed by atoms with Gasteiger partial charge in [0, 0.05) is 34.9 Å². The van der Waals surface area contributed by atoms with Gasteiger partial charge in [0.1, 0.15) is 24.0 Å². The zero-order chi connectivity index (χ0) is 30.2. The van der Waals surface area contributed by atoms with E-state index in [1.807, 2.05) is 0 Å². The lowest BCUT2D eigenvalue weighted by molar-refractivity contribution is -0.142. The molecule has 0 saturated heterocycles. The highest BCUT2D eigenvalue weighted by Gasteiger charge is 2.40. The smallest absolute Gasteiger partial charge is 0.366 e. The van der Waals surface area contributed by atoms with Gasteiger partial charge in [-0.25, -0.2) is 13.2 Å². The highest BCUT2D eigenvalue weighted by Crippen LogP contribution is 2.40. The van der Waals surface area contributed by atoms with Gasteiger partial charge in [0.15, 0.2) is 5.69 Å². The molecule has 3 N–H and O–H groups in total. The van der Waals surface area contributed by atoms with E-state index >= 15 is 0 Å². The molecule has 0 unspecified atom stereocenters. The Morgan fingerprint density at radius 3 is 2.48 bits per heavy atom. The van der Waals surface area contributed by atoms with Crippen molar-refractivity contribution in [3.8, 4) is 11.1 Å². The van der Waals surface area contributed by atoms with Gasteiger partial charge in [0.2, 0.25) is 5.91 Å². The molecule has 0 fully saturated rings. The SMILES string of the molecule is NC(=O)c1cc(-c2cccnc2[C@H](Cc2cc(F)cc(F)c2)NC(=O)Cn2nc(C(F)(F)F)c3c2CSC3)ccc1F. The third-order valence-electron chi connectivity index (χ3n) is 6.62. The molecule has 1 aliphatic heterocycles. The van der Waals surface area contributed by atoms with Crippen LogP contribution in [0.4, 0.5) is 26.3 Å². The standard InChI is InChI=1S/C28H21F6N5O2S/c29-16-6-14(7-17(30)10-16)8-22(25-18(2-1-5-36-25)15-3-4-21(31)19(9-15)27(35)41)37-24(40)11-39-23-13-42-12-20(23)26(38-39)28(32,33)34/h1-7,9-10,22H,8,11-13H2,(H2,35,41)(H,37,40)/t22-/m0/s1. The van der Waals surface area contributed by atoms with Crippen LogP contribution in [0.5, 0.6) is 0 Å². The maximum Gasteiger partial charge on any atom is 0.435 e. The highest BCUT2D eigenvalue weighted by atomic mass is 32.2. The third-order valence-corrected chi connectivity index (χ3v) is 7.59. The summed E-state index contributed by atoms with van der Waals surface area (Å²) < 4.78 is 83.9. The molecule has 2 aromatic carbocycles. The molecule has 2 amide bonds. The van der Waals surface area contributed by atoms with Crippen molar-refractivity contribution in [2.24, 2.45) is 5.73 Å². The lowest BCUT2D eigenvalue weighted by Gasteiger charge is -2.22. The van der Waals surface area contributed by atoms with E-state index in [1.54, 1.807) is 12.1 Å². The zero-order valence-electron chi connectivity index (χ0n) is 21.5. The second-order valence-electron chi connectivity index (χ2n) is 9.52. The number of primary amides is 1. The molecule has 5 rings (SSSR count). The van der Waals surface area contributed by atoms with Gasteiger partial charge >= 0.3 is 6.18 Å². The Morgan fingerprint density at radius 1 is 1.05 bits per heavy atom. The van der Waals surface area contributed by atoms with Gasteiger partial charge in [-0.05, 0) is 47.9 Å². The molecule has 1 aliphatic rings. The summed E-state index contributed by atoms with van der Waals surface area (Å²) in [6, 6.07) is 8.52. The number of nitrogens with one attached hydrogen (secondary N) is 1. The number of thioether (sulfide) groups is 1. The Morgan fingerprint density at radius 2 is 1.79 bits per heavy atom. The van der Waals surface area contributed by atoms with Crippen molar-refractivity contribution in [2.75, 3.05) is 0 Å². The Hall–Kier alpha value is -4.33. The fourth-order valence-corrected chi connectivity index (χ4v) is 5.96. The summed E-state index contributed by atoms with van der Waals surface area (Å²) in [5, 5.41) is 6.36. The molecule has 42 heavy (non-hydrogen) atoms. The quantitative estimate of drug-likeness (QED) is 0.265. The fourth-order valence-electron chi connectivity index (χ4n) is 4.83. The number of alkyl halides is 3. The maximum atomic E-state index is 14.2. The number of hydrogen-bond acceptors (Lipinski definition) is 5. The first-order chi connectivity index (χ1) is 19.9. The Balaban J connectivity index is 1.52. The van der Waals surface area contributed by atoms with E-state index in [4.69, 9.17) is 5.73 Å². The number of pyridine rings is 1. The van der Waals surface area contributed by atoms with Crippen LogP contribution in [0.3, 0.4) is 0 Å². The summed E-state index contributed by atoms with van der Waals surface area (Å²) in [4.78, 5) is 29.4. The summed E-state index contributed by atoms with van der Waals surface area (Å²) in [5.41, 5.74) is 5.18. The number of fused-ring (bicyclic) bond motifs is 1. The van der Waals surface area contributed by atoms with Gasteiger partial charge in [-0.1, -0.05) is 12.1 Å². The Labute approximate surface area is 239 Å². The molecular formula is C28H21F6N5O2S. The first-order valence-electron chi connectivity index (χ1n) is 12.4. The second-order valence-corrected chi connectivity index (χ2v) is 10.5. The first kappa shape index (κ1) is 29.2. The molecule has 0 spiro atoms. The van der Waals surface area contributed by atoms with E-state index in [0.29, 0.717) is 17.2 Å². The minimum absolute atomic E-state index is 0.0284. The van der Waals surface area contributed by atoms with Crippen LogP contribution >= 0.6 is 11.8 Å². The average Bonchev–Trinajstić information content (AvgIpc) is 3.51. The highest BCUT2D eigenvalue weighted by molar-refractivity contribution is 7.98. The lowest BCUT2D eigenvalue weighted by Crippen LogP contribution is -2.34. The van der Waals surface area contributed by atoms with Crippen LogP contribution in [0.2, 0.25) is 0 Å². The zero-order valence-corrected chi connectivity index (χ0v) is 22.3. The van der Waals surface area contributed by atoms with Crippen LogP contribution in [-0.4, -0.2) is 26.6 Å². The summed E-state index contributed by atoms with van der Waals surface area (Å²) in [5.74, 6) is -3.95. The summed E-state index contributed by atoms with van der Waals surface area (Å²) in [6.45, 7) is -0.558. The molecule has 0 saturated carbocycles. The number of aromatic nitrogens is 3. The van der Waals surface area contributed by atoms with E-state index in [-0.39, 0.29) is 46.0 Å². The van der Waals surface area contributed by atoms with Crippen molar-refractivity contribution in [3.63, 3.8) is 0 Å². The van der Waals surface area contributed by atoms with E-state index in [2.05, 4.69) is 15.4 Å². The fraction of sp³-hybridized carbons (Fsp3) is 0.214. The number of hydrogen-bond donors (Lipinski definition) is 2. The predicted octanol–water partition coefficient (Wildman–Crippen LogP) is 5.33. The molecule has 0 aliphatic carbocycles. The Bertz CT molecular complexity index is 1670. The van der Waals surface area contributed by atoms with Crippen molar-refractivity contribution in [2.45, 2.75) is 36.7 Å². The second kappa shape index (κ2) is 11.5. The number of nitrogens with two attached hydrogens (primary N) is 1. The predicted molar refractivity (Wildman–Crippen MR) is 141 cm³/mol. The summed E-state index contributed by atoms with van der Waals surface area (Å²) in [7, 11) is 0. The number of halogens is 6. The molecule has 2 aromatic heterocycles. The van der Waals surface area contributed by atoms with Crippen LogP contribution in [0.1, 0.15) is 44.6 Å². The van der Waals surface area contributed by atoms with Gasteiger partial charge < -0.3 is 11.1 Å².